The Kier molecular flexibility index (Phi) is 4.40. The van der Waals surface area contributed by atoms with Crippen molar-refractivity contribution >= 4 is 23.1 Å². The lowest BCUT2D eigenvalue weighted by Gasteiger charge is -2.12. The van der Waals surface area contributed by atoms with E-state index in [0.717, 1.165) is 5.01 Å². The predicted octanol–water partition coefficient (Wildman–Crippen LogP) is 1.94. The largest absolute Gasteiger partial charge is 0.465 e. The summed E-state index contributed by atoms with van der Waals surface area (Å²) < 4.78 is 4.69. The molecule has 0 aliphatic rings. The van der Waals surface area contributed by atoms with Crippen LogP contribution >= 0.6 is 11.3 Å². The van der Waals surface area contributed by atoms with Crippen LogP contribution < -0.4 is 5.32 Å². The molecular formula is C12H14N4O2S. The van der Waals surface area contributed by atoms with Crippen LogP contribution in [-0.2, 0) is 4.74 Å². The summed E-state index contributed by atoms with van der Waals surface area (Å²) in [5.74, 6) is 0.260. The summed E-state index contributed by atoms with van der Waals surface area (Å²) in [4.78, 5) is 23.7. The minimum Gasteiger partial charge on any atom is -0.465 e. The lowest BCUT2D eigenvalue weighted by molar-refractivity contribution is 0.0601. The molecule has 0 radical (unpaired) electrons. The molecule has 1 N–H and O–H groups in total. The Balaban J connectivity index is 2.05. The quantitative estimate of drug-likeness (QED) is 0.842. The van der Waals surface area contributed by atoms with E-state index in [9.17, 15) is 4.79 Å². The van der Waals surface area contributed by atoms with E-state index in [-0.39, 0.29) is 5.92 Å². The van der Waals surface area contributed by atoms with E-state index in [4.69, 9.17) is 0 Å². The first-order valence-electron chi connectivity index (χ1n) is 5.74. The zero-order valence-electron chi connectivity index (χ0n) is 10.7. The molecule has 0 fully saturated rings. The summed E-state index contributed by atoms with van der Waals surface area (Å²) in [5.41, 5.74) is 0.330. The van der Waals surface area contributed by atoms with Crippen molar-refractivity contribution in [3.05, 3.63) is 34.7 Å². The molecule has 19 heavy (non-hydrogen) atoms. The van der Waals surface area contributed by atoms with Crippen LogP contribution in [0.5, 0.6) is 0 Å². The maximum absolute atomic E-state index is 11.6. The van der Waals surface area contributed by atoms with Gasteiger partial charge in [-0.1, -0.05) is 6.92 Å². The molecule has 2 aromatic heterocycles. The van der Waals surface area contributed by atoms with Gasteiger partial charge in [-0.05, 0) is 0 Å². The van der Waals surface area contributed by atoms with Gasteiger partial charge in [0.1, 0.15) is 17.7 Å². The Labute approximate surface area is 114 Å². The zero-order valence-corrected chi connectivity index (χ0v) is 11.5. The molecule has 0 amide bonds. The van der Waals surface area contributed by atoms with Gasteiger partial charge < -0.3 is 10.1 Å². The molecular weight excluding hydrogens is 264 g/mol. The zero-order chi connectivity index (χ0) is 13.7. The maximum atomic E-state index is 11.6. The standard InChI is InChI=1S/C12H14N4O2S/c1-8(11-14-3-4-19-11)5-15-10-9(12(17)18-2)6-13-7-16-10/h3-4,6-8H,5H2,1-2H3,(H,13,15,16). The molecule has 0 aliphatic carbocycles. The van der Waals surface area contributed by atoms with Crippen LogP contribution in [0, 0.1) is 0 Å². The van der Waals surface area contributed by atoms with E-state index in [1.54, 1.807) is 17.5 Å². The summed E-state index contributed by atoms with van der Waals surface area (Å²) in [5, 5.41) is 6.11. The molecule has 7 heteroatoms. The topological polar surface area (TPSA) is 77.0 Å². The first-order valence-corrected chi connectivity index (χ1v) is 6.62. The summed E-state index contributed by atoms with van der Waals surface area (Å²) in [6.07, 6.45) is 4.61. The van der Waals surface area contributed by atoms with E-state index in [2.05, 4.69) is 31.9 Å². The Morgan fingerprint density at radius 1 is 1.53 bits per heavy atom. The van der Waals surface area contributed by atoms with Crippen molar-refractivity contribution in [1.29, 1.82) is 0 Å². The number of ether oxygens (including phenoxy) is 1. The van der Waals surface area contributed by atoms with Gasteiger partial charge in [0.25, 0.3) is 0 Å². The number of carbonyl (C=O) groups is 1. The monoisotopic (exact) mass is 278 g/mol. The molecule has 6 nitrogen and oxygen atoms in total. The number of nitrogens with zero attached hydrogens (tertiary/aromatic N) is 3. The van der Waals surface area contributed by atoms with Gasteiger partial charge in [-0.25, -0.2) is 19.7 Å². The van der Waals surface area contributed by atoms with E-state index in [1.165, 1.54) is 19.6 Å². The lowest BCUT2D eigenvalue weighted by Crippen LogP contribution is -2.15. The molecule has 1 atom stereocenters. The number of aromatic nitrogens is 3. The lowest BCUT2D eigenvalue weighted by atomic mass is 10.2. The number of hydrogen-bond acceptors (Lipinski definition) is 7. The number of methoxy groups -OCH3 is 1. The van der Waals surface area contributed by atoms with Crippen molar-refractivity contribution in [1.82, 2.24) is 15.0 Å². The highest BCUT2D eigenvalue weighted by atomic mass is 32.1. The van der Waals surface area contributed by atoms with Crippen LogP contribution in [0.3, 0.4) is 0 Å². The third kappa shape index (κ3) is 3.25. The highest BCUT2D eigenvalue weighted by Crippen LogP contribution is 2.19. The fourth-order valence-corrected chi connectivity index (χ4v) is 2.24. The van der Waals surface area contributed by atoms with Crippen molar-refractivity contribution in [2.45, 2.75) is 12.8 Å². The van der Waals surface area contributed by atoms with Gasteiger partial charge in [0.05, 0.1) is 12.1 Å². The minimum atomic E-state index is -0.454. The molecule has 0 aliphatic heterocycles. The summed E-state index contributed by atoms with van der Waals surface area (Å²) >= 11 is 1.61. The van der Waals surface area contributed by atoms with E-state index < -0.39 is 5.97 Å². The van der Waals surface area contributed by atoms with E-state index in [0.29, 0.717) is 17.9 Å². The average Bonchev–Trinajstić information content (AvgIpc) is 2.98. The van der Waals surface area contributed by atoms with Gasteiger partial charge in [0.15, 0.2) is 0 Å². The molecule has 2 heterocycles. The third-order valence-corrected chi connectivity index (χ3v) is 3.57. The molecule has 2 aromatic rings. The number of anilines is 1. The summed E-state index contributed by atoms with van der Waals surface area (Å²) in [6, 6.07) is 0. The SMILES string of the molecule is COC(=O)c1cncnc1NCC(C)c1nccs1. The van der Waals surface area contributed by atoms with Crippen LogP contribution in [-0.4, -0.2) is 34.6 Å². The van der Waals surface area contributed by atoms with Gasteiger partial charge in [-0.3, -0.25) is 0 Å². The van der Waals surface area contributed by atoms with Gasteiger partial charge >= 0.3 is 5.97 Å². The molecule has 0 bridgehead atoms. The van der Waals surface area contributed by atoms with Gasteiger partial charge in [-0.15, -0.1) is 11.3 Å². The normalized spacial score (nSPS) is 11.9. The minimum absolute atomic E-state index is 0.237. The number of hydrogen-bond donors (Lipinski definition) is 1. The molecule has 100 valence electrons. The molecule has 0 spiro atoms. The molecule has 1 unspecified atom stereocenters. The summed E-state index contributed by atoms with van der Waals surface area (Å²) in [6.45, 7) is 2.69. The highest BCUT2D eigenvalue weighted by Gasteiger charge is 2.14. The Morgan fingerprint density at radius 2 is 2.37 bits per heavy atom. The Bertz CT molecular complexity index is 544. The predicted molar refractivity (Wildman–Crippen MR) is 72.4 cm³/mol. The van der Waals surface area contributed by atoms with Crippen molar-refractivity contribution < 1.29 is 9.53 Å². The fraction of sp³-hybridized carbons (Fsp3) is 0.333. The smallest absolute Gasteiger partial charge is 0.343 e. The average molecular weight is 278 g/mol. The first kappa shape index (κ1) is 13.4. The van der Waals surface area contributed by atoms with Crippen LogP contribution in [0.4, 0.5) is 5.82 Å². The maximum Gasteiger partial charge on any atom is 0.343 e. The first-order chi connectivity index (χ1) is 9.22. The molecule has 2 rings (SSSR count). The second-order valence-corrected chi connectivity index (χ2v) is 4.86. The summed E-state index contributed by atoms with van der Waals surface area (Å²) in [7, 11) is 1.33. The Hall–Kier alpha value is -2.02. The highest BCUT2D eigenvalue weighted by molar-refractivity contribution is 7.09. The van der Waals surface area contributed by atoms with E-state index >= 15 is 0 Å². The van der Waals surface area contributed by atoms with Crippen molar-refractivity contribution in [3.8, 4) is 0 Å². The van der Waals surface area contributed by atoms with Gasteiger partial charge in [0.2, 0.25) is 0 Å². The number of thiazole rings is 1. The molecule has 0 saturated carbocycles. The van der Waals surface area contributed by atoms with Crippen LogP contribution in [0.15, 0.2) is 24.1 Å². The van der Waals surface area contributed by atoms with Crippen molar-refractivity contribution in [2.75, 3.05) is 19.0 Å². The third-order valence-electron chi connectivity index (χ3n) is 2.57. The second kappa shape index (κ2) is 6.24. The van der Waals surface area contributed by atoms with Crippen molar-refractivity contribution in [3.63, 3.8) is 0 Å². The second-order valence-electron chi connectivity index (χ2n) is 3.93. The number of nitrogens with one attached hydrogen (secondary N) is 1. The number of rotatable bonds is 5. The Morgan fingerprint density at radius 3 is 3.05 bits per heavy atom. The fourth-order valence-electron chi connectivity index (χ4n) is 1.54. The van der Waals surface area contributed by atoms with Crippen LogP contribution in [0.25, 0.3) is 0 Å². The van der Waals surface area contributed by atoms with Gasteiger partial charge in [-0.2, -0.15) is 0 Å². The van der Waals surface area contributed by atoms with E-state index in [1.807, 2.05) is 5.38 Å². The number of carbonyl (C=O) groups excluding carboxylic acids is 1. The van der Waals surface area contributed by atoms with Crippen molar-refractivity contribution in [2.24, 2.45) is 0 Å². The van der Waals surface area contributed by atoms with Crippen LogP contribution in [0.2, 0.25) is 0 Å². The molecule has 0 aromatic carbocycles. The molecule has 0 saturated heterocycles. The number of esters is 1. The van der Waals surface area contributed by atoms with Crippen LogP contribution in [0.1, 0.15) is 28.2 Å². The van der Waals surface area contributed by atoms with Gasteiger partial charge in [0, 0.05) is 30.2 Å².